The van der Waals surface area contributed by atoms with Crippen LogP contribution in [-0.2, 0) is 17.2 Å². The van der Waals surface area contributed by atoms with Crippen LogP contribution in [0.5, 0.6) is 0 Å². The molecule has 9 nitrogen and oxygen atoms in total. The van der Waals surface area contributed by atoms with E-state index in [0.717, 1.165) is 18.4 Å². The lowest BCUT2D eigenvalue weighted by atomic mass is 9.76. The van der Waals surface area contributed by atoms with Gasteiger partial charge in [-0.25, -0.2) is 0 Å². The Kier molecular flexibility index (Phi) is 5.39. The molecule has 0 bridgehead atoms. The molecule has 1 aliphatic heterocycles. The van der Waals surface area contributed by atoms with Gasteiger partial charge in [-0.05, 0) is 37.5 Å². The Morgan fingerprint density at radius 2 is 2.28 bits per heavy atom. The molecule has 3 aromatic heterocycles. The zero-order valence-corrected chi connectivity index (χ0v) is 16.6. The number of rotatable bonds is 6. The molecule has 9 heteroatoms. The van der Waals surface area contributed by atoms with Gasteiger partial charge in [-0.15, -0.1) is 0 Å². The first-order valence-electron chi connectivity index (χ1n) is 9.64. The van der Waals surface area contributed by atoms with Gasteiger partial charge >= 0.3 is 0 Å². The molecule has 1 fully saturated rings. The number of aryl methyl sites for hydroxylation is 1. The number of likely N-dealkylation sites (tertiary alicyclic amines) is 1. The zero-order chi connectivity index (χ0) is 20.3. The van der Waals surface area contributed by atoms with E-state index in [1.54, 1.807) is 43.5 Å². The van der Waals surface area contributed by atoms with Crippen molar-refractivity contribution in [2.24, 2.45) is 7.05 Å². The molecule has 1 amide bonds. The molecule has 3 aromatic rings. The van der Waals surface area contributed by atoms with Crippen molar-refractivity contribution >= 4 is 5.91 Å². The number of hydrogen-bond acceptors (Lipinski definition) is 7. The summed E-state index contributed by atoms with van der Waals surface area (Å²) in [4.78, 5) is 23.6. The third-order valence-corrected chi connectivity index (χ3v) is 5.39. The van der Waals surface area contributed by atoms with Gasteiger partial charge in [-0.2, -0.15) is 10.1 Å². The largest absolute Gasteiger partial charge is 0.385 e. The van der Waals surface area contributed by atoms with E-state index in [2.05, 4.69) is 20.2 Å². The van der Waals surface area contributed by atoms with Crippen LogP contribution in [0.1, 0.15) is 35.6 Å². The third kappa shape index (κ3) is 3.91. The molecule has 0 N–H and O–H groups in total. The fourth-order valence-corrected chi connectivity index (χ4v) is 3.84. The number of pyridine rings is 1. The van der Waals surface area contributed by atoms with Crippen molar-refractivity contribution in [3.05, 3.63) is 48.3 Å². The molecule has 29 heavy (non-hydrogen) atoms. The molecular weight excluding hydrogens is 372 g/mol. The van der Waals surface area contributed by atoms with Gasteiger partial charge in [0.25, 0.3) is 11.8 Å². The number of methoxy groups -OCH3 is 1. The summed E-state index contributed by atoms with van der Waals surface area (Å²) in [5.41, 5.74) is 0.785. The topological polar surface area (TPSA) is 99.2 Å². The van der Waals surface area contributed by atoms with Crippen molar-refractivity contribution in [3.8, 4) is 11.5 Å². The Balaban J connectivity index is 1.62. The monoisotopic (exact) mass is 396 g/mol. The summed E-state index contributed by atoms with van der Waals surface area (Å²) in [5, 5.41) is 8.54. The van der Waals surface area contributed by atoms with E-state index in [1.807, 2.05) is 17.0 Å². The average Bonchev–Trinajstić information content (AvgIpc) is 3.42. The molecule has 0 spiro atoms. The molecule has 1 saturated heterocycles. The maximum Gasteiger partial charge on any atom is 0.274 e. The van der Waals surface area contributed by atoms with Crippen molar-refractivity contribution < 1.29 is 14.1 Å². The lowest BCUT2D eigenvalue weighted by Crippen LogP contribution is -2.49. The highest BCUT2D eigenvalue weighted by atomic mass is 16.5. The van der Waals surface area contributed by atoms with E-state index in [0.29, 0.717) is 43.5 Å². The Labute approximate surface area is 168 Å². The van der Waals surface area contributed by atoms with Gasteiger partial charge in [0.05, 0.1) is 11.0 Å². The van der Waals surface area contributed by atoms with Crippen molar-refractivity contribution in [2.45, 2.75) is 24.7 Å². The average molecular weight is 396 g/mol. The number of nitrogens with zero attached hydrogens (tertiary/aromatic N) is 6. The quantitative estimate of drug-likeness (QED) is 0.629. The van der Waals surface area contributed by atoms with E-state index in [4.69, 9.17) is 9.26 Å². The lowest BCUT2D eigenvalue weighted by molar-refractivity contribution is 0.0561. The number of amides is 1. The number of piperidine rings is 1. The number of aromatic nitrogens is 5. The summed E-state index contributed by atoms with van der Waals surface area (Å²) < 4.78 is 12.5. The van der Waals surface area contributed by atoms with Gasteiger partial charge in [0.2, 0.25) is 0 Å². The summed E-state index contributed by atoms with van der Waals surface area (Å²) in [6, 6.07) is 5.44. The summed E-state index contributed by atoms with van der Waals surface area (Å²) in [6.45, 7) is 1.72. The van der Waals surface area contributed by atoms with Crippen LogP contribution in [0.25, 0.3) is 11.5 Å². The molecule has 1 aliphatic rings. The molecule has 4 heterocycles. The number of carbonyl (C=O) groups excluding carboxylic acids is 1. The van der Waals surface area contributed by atoms with E-state index < -0.39 is 5.41 Å². The summed E-state index contributed by atoms with van der Waals surface area (Å²) in [5.74, 6) is 0.952. The maximum absolute atomic E-state index is 13.0. The SMILES string of the molecule is COCCC1(c2noc(-c3cccnc3)n2)CCCN(C(=O)c2ccn(C)n2)C1. The third-order valence-electron chi connectivity index (χ3n) is 5.39. The minimum absolute atomic E-state index is 0.0805. The van der Waals surface area contributed by atoms with E-state index in [-0.39, 0.29) is 5.91 Å². The normalized spacial score (nSPS) is 19.4. The molecule has 0 saturated carbocycles. The van der Waals surface area contributed by atoms with Crippen LogP contribution in [0.2, 0.25) is 0 Å². The molecule has 1 atom stereocenters. The van der Waals surface area contributed by atoms with Crippen LogP contribution < -0.4 is 0 Å². The van der Waals surface area contributed by atoms with Crippen LogP contribution in [0.15, 0.2) is 41.3 Å². The van der Waals surface area contributed by atoms with Crippen molar-refractivity contribution in [1.82, 2.24) is 29.8 Å². The highest BCUT2D eigenvalue weighted by molar-refractivity contribution is 5.92. The molecule has 0 aromatic carbocycles. The summed E-state index contributed by atoms with van der Waals surface area (Å²) >= 11 is 0. The lowest BCUT2D eigenvalue weighted by Gasteiger charge is -2.40. The Morgan fingerprint density at radius 3 is 3.00 bits per heavy atom. The molecule has 4 rings (SSSR count). The summed E-state index contributed by atoms with van der Waals surface area (Å²) in [6.07, 6.45) is 7.56. The van der Waals surface area contributed by atoms with Gasteiger partial charge in [-0.1, -0.05) is 5.16 Å². The first-order valence-corrected chi connectivity index (χ1v) is 9.64. The van der Waals surface area contributed by atoms with Gasteiger partial charge in [0.15, 0.2) is 5.82 Å². The highest BCUT2D eigenvalue weighted by Gasteiger charge is 2.42. The smallest absolute Gasteiger partial charge is 0.274 e. The zero-order valence-electron chi connectivity index (χ0n) is 16.6. The second-order valence-corrected chi connectivity index (χ2v) is 7.39. The van der Waals surface area contributed by atoms with Gasteiger partial charge in [-0.3, -0.25) is 14.5 Å². The predicted molar refractivity (Wildman–Crippen MR) is 104 cm³/mol. The van der Waals surface area contributed by atoms with Crippen LogP contribution in [0.3, 0.4) is 0 Å². The molecular formula is C20H24N6O3. The summed E-state index contributed by atoms with van der Waals surface area (Å²) in [7, 11) is 3.47. The van der Waals surface area contributed by atoms with Crippen molar-refractivity contribution in [3.63, 3.8) is 0 Å². The number of ether oxygens (including phenoxy) is 1. The van der Waals surface area contributed by atoms with E-state index in [9.17, 15) is 4.79 Å². The Morgan fingerprint density at radius 1 is 1.38 bits per heavy atom. The Bertz CT molecular complexity index is 970. The van der Waals surface area contributed by atoms with Crippen LogP contribution >= 0.6 is 0 Å². The fraction of sp³-hybridized carbons (Fsp3) is 0.450. The maximum atomic E-state index is 13.0. The van der Waals surface area contributed by atoms with Crippen LogP contribution in [-0.4, -0.2) is 62.5 Å². The molecule has 0 radical (unpaired) electrons. The molecule has 0 aliphatic carbocycles. The highest BCUT2D eigenvalue weighted by Crippen LogP contribution is 2.37. The van der Waals surface area contributed by atoms with Crippen molar-refractivity contribution in [2.75, 3.05) is 26.8 Å². The van der Waals surface area contributed by atoms with Crippen LogP contribution in [0, 0.1) is 0 Å². The van der Waals surface area contributed by atoms with E-state index in [1.165, 1.54) is 0 Å². The molecule has 1 unspecified atom stereocenters. The minimum Gasteiger partial charge on any atom is -0.385 e. The van der Waals surface area contributed by atoms with Gasteiger partial charge < -0.3 is 14.2 Å². The van der Waals surface area contributed by atoms with Crippen molar-refractivity contribution in [1.29, 1.82) is 0 Å². The van der Waals surface area contributed by atoms with E-state index >= 15 is 0 Å². The number of carbonyl (C=O) groups is 1. The first kappa shape index (κ1) is 19.3. The fourth-order valence-electron chi connectivity index (χ4n) is 3.84. The first-order chi connectivity index (χ1) is 14.1. The Hall–Kier alpha value is -3.07. The van der Waals surface area contributed by atoms with Gasteiger partial charge in [0.1, 0.15) is 5.69 Å². The molecule has 152 valence electrons. The van der Waals surface area contributed by atoms with Crippen LogP contribution in [0.4, 0.5) is 0 Å². The second kappa shape index (κ2) is 8.12. The van der Waals surface area contributed by atoms with Gasteiger partial charge in [0, 0.05) is 52.4 Å². The number of hydrogen-bond donors (Lipinski definition) is 0. The minimum atomic E-state index is -0.428. The standard InChI is InChI=1S/C20H24N6O3/c1-25-11-6-16(23-25)18(27)26-10-4-7-20(14-26,8-12-28-2)19-22-17(29-24-19)15-5-3-9-21-13-15/h3,5-6,9,11,13H,4,7-8,10,12,14H2,1-2H3. The second-order valence-electron chi connectivity index (χ2n) is 7.39. The predicted octanol–water partition coefficient (Wildman–Crippen LogP) is 2.08.